The van der Waals surface area contributed by atoms with Crippen LogP contribution in [0.4, 0.5) is 0 Å². The van der Waals surface area contributed by atoms with E-state index < -0.39 is 0 Å². The molecule has 0 unspecified atom stereocenters. The molecule has 0 radical (unpaired) electrons. The Hall–Kier alpha value is -0.780. The van der Waals surface area contributed by atoms with Gasteiger partial charge in [-0.15, -0.1) is 0 Å². The molecule has 0 spiro atoms. The number of fused-ring (bicyclic) bond motifs is 1. The van der Waals surface area contributed by atoms with Crippen LogP contribution in [0.2, 0.25) is 0 Å². The van der Waals surface area contributed by atoms with Crippen molar-refractivity contribution in [1.29, 1.82) is 0 Å². The first-order valence-corrected chi connectivity index (χ1v) is 7.64. The van der Waals surface area contributed by atoms with Crippen molar-refractivity contribution in [3.63, 3.8) is 0 Å². The highest BCUT2D eigenvalue weighted by atomic mass is 79.9. The van der Waals surface area contributed by atoms with E-state index >= 15 is 0 Å². The van der Waals surface area contributed by atoms with Crippen LogP contribution < -0.4 is 14.8 Å². The van der Waals surface area contributed by atoms with Crippen molar-refractivity contribution in [2.24, 2.45) is 0 Å². The Morgan fingerprint density at radius 3 is 2.63 bits per heavy atom. The van der Waals surface area contributed by atoms with Gasteiger partial charge in [0.25, 0.3) is 0 Å². The zero-order chi connectivity index (χ0) is 13.1. The summed E-state index contributed by atoms with van der Waals surface area (Å²) in [6, 6.07) is 4.20. The predicted molar refractivity (Wildman–Crippen MR) is 77.9 cm³/mol. The van der Waals surface area contributed by atoms with Crippen LogP contribution in [0.25, 0.3) is 0 Å². The number of halogens is 1. The van der Waals surface area contributed by atoms with E-state index in [9.17, 15) is 0 Å². The fraction of sp³-hybridized carbons (Fsp3) is 0.571. The molecule has 2 aliphatic rings. The third-order valence-electron chi connectivity index (χ3n) is 3.53. The predicted octanol–water partition coefficient (Wildman–Crippen LogP) is 2.02. The number of hydrogen-bond acceptors (Lipinski definition) is 4. The molecule has 4 nitrogen and oxygen atoms in total. The second kappa shape index (κ2) is 6.11. The lowest BCUT2D eigenvalue weighted by Gasteiger charge is -2.28. The lowest BCUT2D eigenvalue weighted by atomic mass is 10.1. The van der Waals surface area contributed by atoms with Gasteiger partial charge in [0.15, 0.2) is 11.5 Å². The van der Waals surface area contributed by atoms with Crippen molar-refractivity contribution in [2.45, 2.75) is 13.0 Å². The third-order valence-corrected chi connectivity index (χ3v) is 4.16. The molecule has 1 saturated heterocycles. The zero-order valence-corrected chi connectivity index (χ0v) is 12.5. The number of nitrogens with one attached hydrogen (secondary N) is 1. The average molecular weight is 327 g/mol. The topological polar surface area (TPSA) is 33.7 Å². The van der Waals surface area contributed by atoms with E-state index in [2.05, 4.69) is 38.3 Å². The Kier molecular flexibility index (Phi) is 4.25. The molecule has 1 fully saturated rings. The number of ether oxygens (including phenoxy) is 2. The summed E-state index contributed by atoms with van der Waals surface area (Å²) in [7, 11) is 0. The molecule has 1 aromatic carbocycles. The van der Waals surface area contributed by atoms with E-state index in [1.165, 1.54) is 5.56 Å². The summed E-state index contributed by atoms with van der Waals surface area (Å²) >= 11 is 3.55. The molecule has 2 heterocycles. The molecule has 2 aliphatic heterocycles. The van der Waals surface area contributed by atoms with E-state index in [1.54, 1.807) is 0 Å². The summed E-state index contributed by atoms with van der Waals surface area (Å²) in [5.41, 5.74) is 1.22. The monoisotopic (exact) mass is 326 g/mol. The van der Waals surface area contributed by atoms with Gasteiger partial charge in [-0.3, -0.25) is 4.90 Å². The summed E-state index contributed by atoms with van der Waals surface area (Å²) < 4.78 is 12.7. The lowest BCUT2D eigenvalue weighted by Crippen LogP contribution is -2.42. The minimum atomic E-state index is 0.725. The highest BCUT2D eigenvalue weighted by Crippen LogP contribution is 2.40. The molecule has 104 valence electrons. The Morgan fingerprint density at radius 2 is 1.84 bits per heavy atom. The van der Waals surface area contributed by atoms with Crippen LogP contribution in [0, 0.1) is 0 Å². The summed E-state index contributed by atoms with van der Waals surface area (Å²) in [4.78, 5) is 2.45. The fourth-order valence-corrected chi connectivity index (χ4v) is 2.94. The van der Waals surface area contributed by atoms with Crippen molar-refractivity contribution in [3.8, 4) is 11.5 Å². The van der Waals surface area contributed by atoms with E-state index in [0.717, 1.165) is 68.3 Å². The molecule has 0 saturated carbocycles. The van der Waals surface area contributed by atoms with Gasteiger partial charge in [0, 0.05) is 44.7 Å². The van der Waals surface area contributed by atoms with Crippen LogP contribution in [0.5, 0.6) is 11.5 Å². The fourth-order valence-electron chi connectivity index (χ4n) is 2.51. The van der Waals surface area contributed by atoms with Crippen LogP contribution in [-0.2, 0) is 6.54 Å². The minimum Gasteiger partial charge on any atom is -0.489 e. The molecule has 5 heteroatoms. The molecule has 19 heavy (non-hydrogen) atoms. The van der Waals surface area contributed by atoms with Gasteiger partial charge in [-0.1, -0.05) is 6.07 Å². The van der Waals surface area contributed by atoms with Crippen LogP contribution in [-0.4, -0.2) is 44.3 Å². The van der Waals surface area contributed by atoms with Gasteiger partial charge < -0.3 is 14.8 Å². The van der Waals surface area contributed by atoms with Gasteiger partial charge in [0.1, 0.15) is 0 Å². The molecular formula is C14H19BrN2O2. The van der Waals surface area contributed by atoms with Crippen LogP contribution in [0.1, 0.15) is 12.0 Å². The van der Waals surface area contributed by atoms with Crippen molar-refractivity contribution in [2.75, 3.05) is 39.4 Å². The number of benzene rings is 1. The summed E-state index contributed by atoms with van der Waals surface area (Å²) in [5, 5.41) is 3.38. The van der Waals surface area contributed by atoms with Gasteiger partial charge in [0.05, 0.1) is 17.7 Å². The Morgan fingerprint density at radius 1 is 1.11 bits per heavy atom. The van der Waals surface area contributed by atoms with Crippen molar-refractivity contribution >= 4 is 15.9 Å². The SMILES string of the molecule is Brc1ccc(CN2CCNCC2)c2c1OCCCO2. The standard InChI is InChI=1S/C14H19BrN2O2/c15-12-3-2-11(10-17-6-4-16-5-7-17)13-14(12)19-9-1-8-18-13/h2-3,16H,1,4-10H2. The first-order valence-electron chi connectivity index (χ1n) is 6.84. The van der Waals surface area contributed by atoms with Gasteiger partial charge in [-0.05, 0) is 22.0 Å². The Balaban J connectivity index is 1.84. The van der Waals surface area contributed by atoms with E-state index in [4.69, 9.17) is 9.47 Å². The quantitative estimate of drug-likeness (QED) is 0.901. The normalized spacial score (nSPS) is 20.1. The molecule has 1 aromatic rings. The maximum atomic E-state index is 5.90. The largest absolute Gasteiger partial charge is 0.489 e. The molecule has 0 bridgehead atoms. The van der Waals surface area contributed by atoms with Crippen LogP contribution in [0.3, 0.4) is 0 Å². The number of piperazine rings is 1. The summed E-state index contributed by atoms with van der Waals surface area (Å²) in [5.74, 6) is 1.79. The maximum Gasteiger partial charge on any atom is 0.175 e. The van der Waals surface area contributed by atoms with E-state index in [-0.39, 0.29) is 0 Å². The smallest absolute Gasteiger partial charge is 0.175 e. The molecule has 3 rings (SSSR count). The first kappa shape index (κ1) is 13.2. The van der Waals surface area contributed by atoms with Crippen LogP contribution in [0.15, 0.2) is 16.6 Å². The second-order valence-electron chi connectivity index (χ2n) is 4.94. The average Bonchev–Trinajstić information content (AvgIpc) is 2.70. The first-order chi connectivity index (χ1) is 9.34. The highest BCUT2D eigenvalue weighted by molar-refractivity contribution is 9.10. The number of rotatable bonds is 2. The van der Waals surface area contributed by atoms with Crippen LogP contribution >= 0.6 is 15.9 Å². The van der Waals surface area contributed by atoms with Gasteiger partial charge in [-0.25, -0.2) is 0 Å². The van der Waals surface area contributed by atoms with Crippen molar-refractivity contribution in [1.82, 2.24) is 10.2 Å². The van der Waals surface area contributed by atoms with Gasteiger partial charge in [0.2, 0.25) is 0 Å². The van der Waals surface area contributed by atoms with E-state index in [1.807, 2.05) is 0 Å². The van der Waals surface area contributed by atoms with Gasteiger partial charge >= 0.3 is 0 Å². The molecule has 0 amide bonds. The molecular weight excluding hydrogens is 308 g/mol. The number of nitrogens with zero attached hydrogens (tertiary/aromatic N) is 1. The molecule has 1 N–H and O–H groups in total. The maximum absolute atomic E-state index is 5.90. The van der Waals surface area contributed by atoms with E-state index in [0.29, 0.717) is 0 Å². The lowest BCUT2D eigenvalue weighted by molar-refractivity contribution is 0.227. The molecule has 0 atom stereocenters. The molecule has 0 aromatic heterocycles. The highest BCUT2D eigenvalue weighted by Gasteiger charge is 2.20. The third kappa shape index (κ3) is 3.04. The summed E-state index contributed by atoms with van der Waals surface area (Å²) in [6.45, 7) is 6.70. The Labute approximate surface area is 122 Å². The summed E-state index contributed by atoms with van der Waals surface area (Å²) in [6.07, 6.45) is 0.939. The number of hydrogen-bond donors (Lipinski definition) is 1. The van der Waals surface area contributed by atoms with Crippen molar-refractivity contribution in [3.05, 3.63) is 22.2 Å². The second-order valence-corrected chi connectivity index (χ2v) is 5.80. The minimum absolute atomic E-state index is 0.725. The van der Waals surface area contributed by atoms with Gasteiger partial charge in [-0.2, -0.15) is 0 Å². The van der Waals surface area contributed by atoms with Crippen molar-refractivity contribution < 1.29 is 9.47 Å². The Bertz CT molecular complexity index is 447. The molecule has 0 aliphatic carbocycles. The zero-order valence-electron chi connectivity index (χ0n) is 11.0.